The molecule has 106 valence electrons. The maximum Gasteiger partial charge on any atom is 0.234 e. The first kappa shape index (κ1) is 14.0. The largest absolute Gasteiger partial charge is 0.347 e. The molecule has 1 saturated heterocycles. The minimum absolute atomic E-state index is 0.0207. The van der Waals surface area contributed by atoms with E-state index in [1.807, 2.05) is 6.92 Å². The molecule has 6 heteroatoms. The van der Waals surface area contributed by atoms with Gasteiger partial charge < -0.3 is 15.6 Å². The predicted molar refractivity (Wildman–Crippen MR) is 73.7 cm³/mol. The number of nitrogens with one attached hydrogen (secondary N) is 3. The number of aromatic nitrogens is 2. The molecule has 1 aromatic rings. The van der Waals surface area contributed by atoms with Crippen molar-refractivity contribution in [2.45, 2.75) is 25.8 Å². The van der Waals surface area contributed by atoms with Crippen LogP contribution >= 0.6 is 0 Å². The summed E-state index contributed by atoms with van der Waals surface area (Å²) in [6, 6.07) is -0.0207. The Morgan fingerprint density at radius 1 is 1.53 bits per heavy atom. The van der Waals surface area contributed by atoms with Crippen LogP contribution in [0.3, 0.4) is 0 Å². The van der Waals surface area contributed by atoms with Crippen molar-refractivity contribution in [1.29, 1.82) is 0 Å². The van der Waals surface area contributed by atoms with Crippen molar-refractivity contribution in [2.24, 2.45) is 0 Å². The molecule has 3 N–H and O–H groups in total. The van der Waals surface area contributed by atoms with Crippen molar-refractivity contribution in [3.8, 4) is 0 Å². The maximum atomic E-state index is 12.1. The third kappa shape index (κ3) is 4.33. The van der Waals surface area contributed by atoms with Crippen LogP contribution in [0.15, 0.2) is 12.4 Å². The Balaban J connectivity index is 1.82. The molecule has 1 aliphatic heterocycles. The molecule has 2 rings (SSSR count). The minimum Gasteiger partial charge on any atom is -0.347 e. The number of carbonyl (C=O) groups excluding carboxylic acids is 1. The van der Waals surface area contributed by atoms with E-state index in [0.29, 0.717) is 6.54 Å². The van der Waals surface area contributed by atoms with Gasteiger partial charge in [0, 0.05) is 25.5 Å². The average molecular weight is 265 g/mol. The molecular weight excluding hydrogens is 242 g/mol. The Morgan fingerprint density at radius 3 is 3.16 bits per heavy atom. The number of rotatable bonds is 5. The van der Waals surface area contributed by atoms with Crippen LogP contribution in [0.1, 0.15) is 31.6 Å². The Labute approximate surface area is 114 Å². The number of hydrogen-bond donors (Lipinski definition) is 3. The van der Waals surface area contributed by atoms with Gasteiger partial charge in [-0.25, -0.2) is 4.98 Å². The van der Waals surface area contributed by atoms with E-state index in [-0.39, 0.29) is 11.9 Å². The van der Waals surface area contributed by atoms with Gasteiger partial charge in [0.2, 0.25) is 5.91 Å². The fourth-order valence-electron chi connectivity index (χ4n) is 2.33. The summed E-state index contributed by atoms with van der Waals surface area (Å²) in [6.45, 7) is 6.44. The van der Waals surface area contributed by atoms with Crippen molar-refractivity contribution >= 4 is 5.91 Å². The third-order valence-electron chi connectivity index (χ3n) is 3.39. The second kappa shape index (κ2) is 7.25. The first-order valence-electron chi connectivity index (χ1n) is 7.01. The molecule has 1 atom stereocenters. The quantitative estimate of drug-likeness (QED) is 0.714. The van der Waals surface area contributed by atoms with Crippen LogP contribution in [0, 0.1) is 0 Å². The molecular formula is C13H23N5O. The van der Waals surface area contributed by atoms with E-state index in [1.54, 1.807) is 12.4 Å². The molecule has 1 fully saturated rings. The molecule has 0 saturated carbocycles. The van der Waals surface area contributed by atoms with Gasteiger partial charge in [0.15, 0.2) is 0 Å². The Kier molecular flexibility index (Phi) is 5.35. The second-order valence-electron chi connectivity index (χ2n) is 4.88. The topological polar surface area (TPSA) is 73.1 Å². The summed E-state index contributed by atoms with van der Waals surface area (Å²) >= 11 is 0. The molecule has 0 aliphatic carbocycles. The van der Waals surface area contributed by atoms with Gasteiger partial charge in [-0.05, 0) is 25.9 Å². The highest BCUT2D eigenvalue weighted by molar-refractivity contribution is 5.78. The van der Waals surface area contributed by atoms with E-state index in [0.717, 1.165) is 44.8 Å². The van der Waals surface area contributed by atoms with Gasteiger partial charge in [0.25, 0.3) is 0 Å². The van der Waals surface area contributed by atoms with E-state index in [2.05, 4.69) is 25.5 Å². The molecule has 6 nitrogen and oxygen atoms in total. The van der Waals surface area contributed by atoms with Gasteiger partial charge in [0.1, 0.15) is 5.82 Å². The highest BCUT2D eigenvalue weighted by atomic mass is 16.2. The van der Waals surface area contributed by atoms with Gasteiger partial charge in [-0.3, -0.25) is 9.69 Å². The monoisotopic (exact) mass is 265 g/mol. The molecule has 2 heterocycles. The molecule has 1 amide bonds. The molecule has 0 bridgehead atoms. The maximum absolute atomic E-state index is 12.1. The molecule has 1 unspecified atom stereocenters. The predicted octanol–water partition coefficient (Wildman–Crippen LogP) is 0.272. The van der Waals surface area contributed by atoms with E-state index < -0.39 is 0 Å². The highest BCUT2D eigenvalue weighted by Crippen LogP contribution is 2.11. The van der Waals surface area contributed by atoms with Crippen LogP contribution in [0.2, 0.25) is 0 Å². The number of imidazole rings is 1. The van der Waals surface area contributed by atoms with Gasteiger partial charge in [-0.2, -0.15) is 0 Å². The summed E-state index contributed by atoms with van der Waals surface area (Å²) < 4.78 is 0. The fourth-order valence-corrected chi connectivity index (χ4v) is 2.33. The number of H-pyrrole nitrogens is 1. The zero-order valence-corrected chi connectivity index (χ0v) is 11.5. The van der Waals surface area contributed by atoms with Crippen LogP contribution in [0.4, 0.5) is 0 Å². The highest BCUT2D eigenvalue weighted by Gasteiger charge is 2.17. The van der Waals surface area contributed by atoms with Crippen molar-refractivity contribution in [1.82, 2.24) is 25.5 Å². The fraction of sp³-hybridized carbons (Fsp3) is 0.692. The van der Waals surface area contributed by atoms with Crippen LogP contribution in [0.5, 0.6) is 0 Å². The van der Waals surface area contributed by atoms with Crippen LogP contribution in [0.25, 0.3) is 0 Å². The van der Waals surface area contributed by atoms with Crippen molar-refractivity contribution < 1.29 is 4.79 Å². The molecule has 19 heavy (non-hydrogen) atoms. The standard InChI is InChI=1S/C13H23N5O/c1-2-11(13-15-5-6-16-13)17-12(19)10-18-8-3-4-14-7-9-18/h5-6,11,14H,2-4,7-10H2,1H3,(H,15,16)(H,17,19). The lowest BCUT2D eigenvalue weighted by Gasteiger charge is -2.21. The zero-order valence-electron chi connectivity index (χ0n) is 11.5. The lowest BCUT2D eigenvalue weighted by atomic mass is 10.2. The van der Waals surface area contributed by atoms with E-state index in [4.69, 9.17) is 0 Å². The van der Waals surface area contributed by atoms with Gasteiger partial charge >= 0.3 is 0 Å². The normalized spacial score (nSPS) is 18.8. The first-order chi connectivity index (χ1) is 9.29. The van der Waals surface area contributed by atoms with Crippen LogP contribution in [-0.4, -0.2) is 53.5 Å². The smallest absolute Gasteiger partial charge is 0.234 e. The molecule has 1 aromatic heterocycles. The van der Waals surface area contributed by atoms with Crippen molar-refractivity contribution in [2.75, 3.05) is 32.7 Å². The summed E-state index contributed by atoms with van der Waals surface area (Å²) in [5.41, 5.74) is 0. The molecule has 0 radical (unpaired) electrons. The van der Waals surface area contributed by atoms with Crippen molar-refractivity contribution in [3.63, 3.8) is 0 Å². The summed E-state index contributed by atoms with van der Waals surface area (Å²) in [5.74, 6) is 0.901. The number of hydrogen-bond acceptors (Lipinski definition) is 4. The summed E-state index contributed by atoms with van der Waals surface area (Å²) in [6.07, 6.45) is 5.43. The molecule has 0 aromatic carbocycles. The number of aromatic amines is 1. The lowest BCUT2D eigenvalue weighted by Crippen LogP contribution is -2.40. The van der Waals surface area contributed by atoms with Crippen molar-refractivity contribution in [3.05, 3.63) is 18.2 Å². The van der Waals surface area contributed by atoms with E-state index >= 15 is 0 Å². The third-order valence-corrected chi connectivity index (χ3v) is 3.39. The summed E-state index contributed by atoms with van der Waals surface area (Å²) in [5, 5.41) is 6.38. The number of amides is 1. The molecule has 1 aliphatic rings. The minimum atomic E-state index is -0.0207. The zero-order chi connectivity index (χ0) is 13.5. The Morgan fingerprint density at radius 2 is 2.42 bits per heavy atom. The lowest BCUT2D eigenvalue weighted by molar-refractivity contribution is -0.123. The Bertz CT molecular complexity index is 370. The van der Waals surface area contributed by atoms with E-state index in [1.165, 1.54) is 0 Å². The summed E-state index contributed by atoms with van der Waals surface area (Å²) in [7, 11) is 0. The van der Waals surface area contributed by atoms with Gasteiger partial charge in [-0.15, -0.1) is 0 Å². The molecule has 0 spiro atoms. The number of carbonyl (C=O) groups is 1. The van der Waals surface area contributed by atoms with Crippen LogP contribution in [-0.2, 0) is 4.79 Å². The Hall–Kier alpha value is -1.40. The van der Waals surface area contributed by atoms with Gasteiger partial charge in [0.05, 0.1) is 12.6 Å². The van der Waals surface area contributed by atoms with E-state index in [9.17, 15) is 4.79 Å². The SMILES string of the molecule is CCC(NC(=O)CN1CCCNCC1)c1ncc[nH]1. The van der Waals surface area contributed by atoms with Gasteiger partial charge in [-0.1, -0.05) is 6.92 Å². The second-order valence-corrected chi connectivity index (χ2v) is 4.88. The van der Waals surface area contributed by atoms with Crippen LogP contribution < -0.4 is 10.6 Å². The number of nitrogens with zero attached hydrogens (tertiary/aromatic N) is 2. The first-order valence-corrected chi connectivity index (χ1v) is 7.01. The average Bonchev–Trinajstić information content (AvgIpc) is 2.82. The summed E-state index contributed by atoms with van der Waals surface area (Å²) in [4.78, 5) is 21.5.